The number of carbonyl (C=O) groups is 2. The number of benzene rings is 2. The smallest absolute Gasteiger partial charge is 0.326 e. The van der Waals surface area contributed by atoms with Crippen molar-refractivity contribution in [2.45, 2.75) is 58.7 Å². The molecular weight excluding hydrogens is 328 g/mol. The van der Waals surface area contributed by atoms with Crippen molar-refractivity contribution in [1.82, 2.24) is 0 Å². The first kappa shape index (κ1) is 18.4. The number of hydrogen-bond donors (Lipinski definition) is 0. The molecule has 138 valence electrons. The van der Waals surface area contributed by atoms with Crippen LogP contribution in [0.1, 0.15) is 64.2 Å². The molecule has 1 fully saturated rings. The zero-order chi connectivity index (χ0) is 18.6. The quantitative estimate of drug-likeness (QED) is 0.500. The summed E-state index contributed by atoms with van der Waals surface area (Å²) < 4.78 is 11.4. The van der Waals surface area contributed by atoms with Crippen LogP contribution in [-0.4, -0.2) is 11.9 Å². The average molecular weight is 354 g/mol. The summed E-state index contributed by atoms with van der Waals surface area (Å²) in [6, 6.07) is 13.5. The van der Waals surface area contributed by atoms with Gasteiger partial charge < -0.3 is 9.47 Å². The standard InChI is InChI=1S/C22H26O4/c1-3-5-14-22(15-6-4-2)20(23)25-19(26-21(22)24)18-13-9-11-16-10-7-8-12-17(16)18/h7-13,19H,3-6,14-15H2,1-2H3. The monoisotopic (exact) mass is 354 g/mol. The molecule has 0 aromatic heterocycles. The second-order valence-corrected chi connectivity index (χ2v) is 7.00. The molecule has 0 unspecified atom stereocenters. The Morgan fingerprint density at radius 1 is 0.846 bits per heavy atom. The van der Waals surface area contributed by atoms with E-state index in [4.69, 9.17) is 9.47 Å². The van der Waals surface area contributed by atoms with Crippen molar-refractivity contribution in [3.8, 4) is 0 Å². The fourth-order valence-corrected chi connectivity index (χ4v) is 3.60. The predicted molar refractivity (Wildman–Crippen MR) is 100 cm³/mol. The molecule has 2 aromatic carbocycles. The van der Waals surface area contributed by atoms with Crippen LogP contribution in [0.25, 0.3) is 10.8 Å². The van der Waals surface area contributed by atoms with Crippen LogP contribution in [0.3, 0.4) is 0 Å². The first-order chi connectivity index (χ1) is 12.6. The van der Waals surface area contributed by atoms with E-state index >= 15 is 0 Å². The van der Waals surface area contributed by atoms with E-state index in [0.717, 1.165) is 36.5 Å². The minimum Gasteiger partial charge on any atom is -0.420 e. The van der Waals surface area contributed by atoms with E-state index in [1.165, 1.54) is 0 Å². The first-order valence-electron chi connectivity index (χ1n) is 9.52. The van der Waals surface area contributed by atoms with Crippen LogP contribution in [0.15, 0.2) is 42.5 Å². The largest absolute Gasteiger partial charge is 0.420 e. The molecule has 0 aliphatic carbocycles. The predicted octanol–water partition coefficient (Wildman–Crippen LogP) is 5.31. The summed E-state index contributed by atoms with van der Waals surface area (Å²) in [5, 5.41) is 1.95. The molecule has 1 aliphatic rings. The van der Waals surface area contributed by atoms with Crippen LogP contribution >= 0.6 is 0 Å². The highest BCUT2D eigenvalue weighted by atomic mass is 16.7. The molecule has 1 aliphatic heterocycles. The zero-order valence-corrected chi connectivity index (χ0v) is 15.5. The van der Waals surface area contributed by atoms with Crippen molar-refractivity contribution < 1.29 is 19.1 Å². The van der Waals surface area contributed by atoms with E-state index in [-0.39, 0.29) is 0 Å². The van der Waals surface area contributed by atoms with E-state index in [0.29, 0.717) is 18.4 Å². The summed E-state index contributed by atoms with van der Waals surface area (Å²) in [7, 11) is 0. The molecule has 4 heteroatoms. The molecular formula is C22H26O4. The maximum Gasteiger partial charge on any atom is 0.326 e. The Labute approximate surface area is 154 Å². The van der Waals surface area contributed by atoms with E-state index in [2.05, 4.69) is 0 Å². The van der Waals surface area contributed by atoms with E-state index in [1.807, 2.05) is 56.3 Å². The first-order valence-corrected chi connectivity index (χ1v) is 9.52. The van der Waals surface area contributed by atoms with E-state index in [9.17, 15) is 9.59 Å². The van der Waals surface area contributed by atoms with Gasteiger partial charge in [0.25, 0.3) is 6.29 Å². The van der Waals surface area contributed by atoms with Crippen molar-refractivity contribution in [2.75, 3.05) is 0 Å². The maximum absolute atomic E-state index is 12.9. The van der Waals surface area contributed by atoms with Crippen LogP contribution < -0.4 is 0 Å². The summed E-state index contributed by atoms with van der Waals surface area (Å²) >= 11 is 0. The van der Waals surface area contributed by atoms with Crippen molar-refractivity contribution in [1.29, 1.82) is 0 Å². The molecule has 26 heavy (non-hydrogen) atoms. The Bertz CT molecular complexity index is 762. The van der Waals surface area contributed by atoms with Crippen molar-refractivity contribution in [2.24, 2.45) is 5.41 Å². The van der Waals surface area contributed by atoms with Gasteiger partial charge in [0.2, 0.25) is 0 Å². The van der Waals surface area contributed by atoms with Crippen molar-refractivity contribution in [3.05, 3.63) is 48.0 Å². The highest BCUT2D eigenvalue weighted by molar-refractivity contribution is 6.01. The third-order valence-electron chi connectivity index (χ3n) is 5.20. The lowest BCUT2D eigenvalue weighted by atomic mass is 9.77. The van der Waals surface area contributed by atoms with Gasteiger partial charge in [0, 0.05) is 5.56 Å². The van der Waals surface area contributed by atoms with Gasteiger partial charge in [-0.05, 0) is 23.6 Å². The number of esters is 2. The van der Waals surface area contributed by atoms with Crippen LogP contribution in [0.5, 0.6) is 0 Å². The Morgan fingerprint density at radius 3 is 2.04 bits per heavy atom. The third kappa shape index (κ3) is 3.33. The highest BCUT2D eigenvalue weighted by Gasteiger charge is 2.53. The van der Waals surface area contributed by atoms with Gasteiger partial charge in [-0.2, -0.15) is 0 Å². The topological polar surface area (TPSA) is 52.6 Å². The summed E-state index contributed by atoms with van der Waals surface area (Å²) in [6.45, 7) is 4.10. The minimum absolute atomic E-state index is 0.436. The Kier molecular flexibility index (Phi) is 5.60. The highest BCUT2D eigenvalue weighted by Crippen LogP contribution is 2.42. The minimum atomic E-state index is -1.15. The summed E-state index contributed by atoms with van der Waals surface area (Å²) in [4.78, 5) is 25.9. The summed E-state index contributed by atoms with van der Waals surface area (Å²) in [5.41, 5.74) is -0.433. The molecule has 2 aromatic rings. The lowest BCUT2D eigenvalue weighted by molar-refractivity contribution is -0.227. The van der Waals surface area contributed by atoms with Crippen LogP contribution in [0, 0.1) is 5.41 Å². The lowest BCUT2D eigenvalue weighted by Crippen LogP contribution is -2.47. The summed E-state index contributed by atoms with van der Waals surface area (Å²) in [6.07, 6.45) is 3.44. The van der Waals surface area contributed by atoms with Crippen molar-refractivity contribution in [3.63, 3.8) is 0 Å². The van der Waals surface area contributed by atoms with Gasteiger partial charge in [-0.3, -0.25) is 9.59 Å². The van der Waals surface area contributed by atoms with Crippen LogP contribution in [-0.2, 0) is 19.1 Å². The van der Waals surface area contributed by atoms with Gasteiger partial charge in [-0.25, -0.2) is 0 Å². The van der Waals surface area contributed by atoms with E-state index in [1.54, 1.807) is 0 Å². The maximum atomic E-state index is 12.9. The number of carbonyl (C=O) groups excluding carboxylic acids is 2. The number of ether oxygens (including phenoxy) is 2. The lowest BCUT2D eigenvalue weighted by Gasteiger charge is -2.37. The number of fused-ring (bicyclic) bond motifs is 1. The molecule has 0 radical (unpaired) electrons. The molecule has 0 saturated carbocycles. The molecule has 0 spiro atoms. The second kappa shape index (κ2) is 7.90. The SMILES string of the molecule is CCCCC1(CCCC)C(=O)OC(c2cccc3ccccc23)OC1=O. The van der Waals surface area contributed by atoms with Crippen LogP contribution in [0.2, 0.25) is 0 Å². The van der Waals surface area contributed by atoms with Gasteiger partial charge in [-0.1, -0.05) is 82.0 Å². The Morgan fingerprint density at radius 2 is 1.42 bits per heavy atom. The molecule has 0 bridgehead atoms. The number of hydrogen-bond acceptors (Lipinski definition) is 4. The van der Waals surface area contributed by atoms with Crippen LogP contribution in [0.4, 0.5) is 0 Å². The average Bonchev–Trinajstić information content (AvgIpc) is 2.66. The fraction of sp³-hybridized carbons (Fsp3) is 0.455. The van der Waals surface area contributed by atoms with Crippen molar-refractivity contribution >= 4 is 22.7 Å². The second-order valence-electron chi connectivity index (χ2n) is 7.00. The van der Waals surface area contributed by atoms with Gasteiger partial charge in [-0.15, -0.1) is 0 Å². The molecule has 4 nitrogen and oxygen atoms in total. The number of cyclic esters (lactones) is 2. The van der Waals surface area contributed by atoms with Gasteiger partial charge in [0.05, 0.1) is 0 Å². The van der Waals surface area contributed by atoms with Gasteiger partial charge in [0.1, 0.15) is 0 Å². The number of unbranched alkanes of at least 4 members (excludes halogenated alkanes) is 2. The summed E-state index contributed by atoms with van der Waals surface area (Å²) in [5.74, 6) is -0.873. The molecule has 0 amide bonds. The Hall–Kier alpha value is -2.36. The molecule has 1 saturated heterocycles. The van der Waals surface area contributed by atoms with E-state index < -0.39 is 23.6 Å². The van der Waals surface area contributed by atoms with Gasteiger partial charge in [0.15, 0.2) is 5.41 Å². The Balaban J connectivity index is 1.91. The fourth-order valence-electron chi connectivity index (χ4n) is 3.60. The normalized spacial score (nSPS) is 17.2. The molecule has 0 N–H and O–H groups in total. The molecule has 0 atom stereocenters. The third-order valence-corrected chi connectivity index (χ3v) is 5.20. The molecule has 1 heterocycles. The molecule has 3 rings (SSSR count). The van der Waals surface area contributed by atoms with Gasteiger partial charge >= 0.3 is 11.9 Å². The zero-order valence-electron chi connectivity index (χ0n) is 15.5. The number of rotatable bonds is 7.